The Morgan fingerprint density at radius 1 is 1.18 bits per heavy atom. The van der Waals surface area contributed by atoms with Gasteiger partial charge in [0.05, 0.1) is 12.7 Å². The topological polar surface area (TPSA) is 79.4 Å². The highest BCUT2D eigenvalue weighted by molar-refractivity contribution is 6.31. The van der Waals surface area contributed by atoms with E-state index in [1.54, 1.807) is 18.2 Å². The molecule has 7 nitrogen and oxygen atoms in total. The molecule has 1 aromatic heterocycles. The van der Waals surface area contributed by atoms with Crippen molar-refractivity contribution in [2.45, 2.75) is 26.2 Å². The Morgan fingerprint density at radius 2 is 1.96 bits per heavy atom. The van der Waals surface area contributed by atoms with Crippen LogP contribution in [0.15, 0.2) is 24.3 Å². The van der Waals surface area contributed by atoms with Gasteiger partial charge in [-0.3, -0.25) is 4.79 Å². The van der Waals surface area contributed by atoms with Crippen molar-refractivity contribution in [3.05, 3.63) is 40.7 Å². The number of halogens is 1. The van der Waals surface area contributed by atoms with E-state index in [-0.39, 0.29) is 5.91 Å². The van der Waals surface area contributed by atoms with Gasteiger partial charge in [-0.2, -0.15) is 0 Å². The summed E-state index contributed by atoms with van der Waals surface area (Å²) in [5, 5.41) is 6.62. The summed E-state index contributed by atoms with van der Waals surface area (Å²) in [6, 6.07) is 6.94. The SMILES string of the molecule is COc1ccc(Cl)cc1C(=O)NCCNc1cc(N2CCCCC2)nc(C)n1. The number of benzene rings is 1. The Bertz CT molecular complexity index is 824. The molecule has 0 aliphatic carbocycles. The van der Waals surface area contributed by atoms with Crippen LogP contribution in [-0.2, 0) is 0 Å². The van der Waals surface area contributed by atoms with Crippen LogP contribution in [0.1, 0.15) is 35.4 Å². The molecule has 1 aromatic carbocycles. The van der Waals surface area contributed by atoms with Crippen LogP contribution >= 0.6 is 11.6 Å². The quantitative estimate of drug-likeness (QED) is 0.690. The third kappa shape index (κ3) is 5.25. The fourth-order valence-electron chi connectivity index (χ4n) is 3.25. The first-order valence-corrected chi connectivity index (χ1v) is 9.91. The lowest BCUT2D eigenvalue weighted by atomic mass is 10.1. The van der Waals surface area contributed by atoms with Gasteiger partial charge in [-0.25, -0.2) is 9.97 Å². The van der Waals surface area contributed by atoms with Crippen molar-refractivity contribution in [1.82, 2.24) is 15.3 Å². The molecule has 0 spiro atoms. The molecule has 0 atom stereocenters. The van der Waals surface area contributed by atoms with Gasteiger partial charge in [-0.15, -0.1) is 0 Å². The zero-order chi connectivity index (χ0) is 19.9. The van der Waals surface area contributed by atoms with Gasteiger partial charge in [-0.1, -0.05) is 11.6 Å². The van der Waals surface area contributed by atoms with Crippen molar-refractivity contribution in [1.29, 1.82) is 0 Å². The molecule has 2 N–H and O–H groups in total. The summed E-state index contributed by atoms with van der Waals surface area (Å²) >= 11 is 5.99. The lowest BCUT2D eigenvalue weighted by Gasteiger charge is -2.28. The highest BCUT2D eigenvalue weighted by Gasteiger charge is 2.14. The Labute approximate surface area is 170 Å². The second kappa shape index (κ2) is 9.59. The Balaban J connectivity index is 1.54. The summed E-state index contributed by atoms with van der Waals surface area (Å²) in [7, 11) is 1.53. The number of aromatic nitrogens is 2. The molecular formula is C20H26ClN5O2. The van der Waals surface area contributed by atoms with Crippen LogP contribution in [0.25, 0.3) is 0 Å². The molecule has 1 aliphatic heterocycles. The van der Waals surface area contributed by atoms with Crippen LogP contribution in [0.5, 0.6) is 5.75 Å². The van der Waals surface area contributed by atoms with E-state index in [1.807, 2.05) is 13.0 Å². The number of methoxy groups -OCH3 is 1. The zero-order valence-corrected chi connectivity index (χ0v) is 17.1. The lowest BCUT2D eigenvalue weighted by Crippen LogP contribution is -2.31. The minimum atomic E-state index is -0.228. The second-order valence-corrected chi connectivity index (χ2v) is 7.17. The van der Waals surface area contributed by atoms with Crippen molar-refractivity contribution in [3.63, 3.8) is 0 Å². The van der Waals surface area contributed by atoms with Gasteiger partial charge in [0, 0.05) is 37.3 Å². The van der Waals surface area contributed by atoms with Crippen LogP contribution < -0.4 is 20.3 Å². The van der Waals surface area contributed by atoms with Gasteiger partial charge in [0.2, 0.25) is 0 Å². The molecule has 0 bridgehead atoms. The maximum absolute atomic E-state index is 12.4. The predicted molar refractivity (Wildman–Crippen MR) is 112 cm³/mol. The monoisotopic (exact) mass is 403 g/mol. The number of anilines is 2. The Kier molecular flexibility index (Phi) is 6.92. The summed E-state index contributed by atoms with van der Waals surface area (Å²) < 4.78 is 5.22. The molecule has 0 saturated carbocycles. The molecule has 150 valence electrons. The van der Waals surface area contributed by atoms with Gasteiger partial charge < -0.3 is 20.3 Å². The van der Waals surface area contributed by atoms with Crippen LogP contribution in [0.4, 0.5) is 11.6 Å². The molecule has 2 aromatic rings. The zero-order valence-electron chi connectivity index (χ0n) is 16.3. The molecule has 8 heteroatoms. The van der Waals surface area contributed by atoms with Crippen molar-refractivity contribution in [2.75, 3.05) is 43.5 Å². The van der Waals surface area contributed by atoms with E-state index in [1.165, 1.54) is 26.4 Å². The number of ether oxygens (including phenoxy) is 1. The standard InChI is InChI=1S/C20H26ClN5O2/c1-14-24-18(13-19(25-14)26-10-4-3-5-11-26)22-8-9-23-20(27)16-12-15(21)6-7-17(16)28-2/h6-7,12-13H,3-5,8-11H2,1-2H3,(H,23,27)(H,22,24,25). The van der Waals surface area contributed by atoms with E-state index >= 15 is 0 Å². The molecule has 1 saturated heterocycles. The highest BCUT2D eigenvalue weighted by Crippen LogP contribution is 2.22. The smallest absolute Gasteiger partial charge is 0.255 e. The average Bonchev–Trinajstić information content (AvgIpc) is 2.71. The predicted octanol–water partition coefficient (Wildman–Crippen LogP) is 3.28. The van der Waals surface area contributed by atoms with Crippen LogP contribution in [0.3, 0.4) is 0 Å². The summed E-state index contributed by atoms with van der Waals surface area (Å²) in [6.45, 7) is 4.95. The van der Waals surface area contributed by atoms with E-state index in [0.717, 1.165) is 30.5 Å². The number of nitrogens with one attached hydrogen (secondary N) is 2. The first kappa shape index (κ1) is 20.2. The van der Waals surface area contributed by atoms with E-state index < -0.39 is 0 Å². The molecule has 1 amide bonds. The van der Waals surface area contributed by atoms with Gasteiger partial charge in [0.15, 0.2) is 0 Å². The molecule has 1 aliphatic rings. The minimum Gasteiger partial charge on any atom is -0.496 e. The number of hydrogen-bond acceptors (Lipinski definition) is 6. The van der Waals surface area contributed by atoms with Gasteiger partial charge in [0.25, 0.3) is 5.91 Å². The summed E-state index contributed by atoms with van der Waals surface area (Å²) in [4.78, 5) is 23.7. The number of aryl methyl sites for hydroxylation is 1. The number of hydrogen-bond donors (Lipinski definition) is 2. The van der Waals surface area contributed by atoms with Crippen LogP contribution in [-0.4, -0.2) is 49.2 Å². The van der Waals surface area contributed by atoms with E-state index in [4.69, 9.17) is 16.3 Å². The number of carbonyl (C=O) groups is 1. The maximum Gasteiger partial charge on any atom is 0.255 e. The fraction of sp³-hybridized carbons (Fsp3) is 0.450. The van der Waals surface area contributed by atoms with Crippen molar-refractivity contribution < 1.29 is 9.53 Å². The van der Waals surface area contributed by atoms with Gasteiger partial charge in [0.1, 0.15) is 23.2 Å². The molecule has 1 fully saturated rings. The second-order valence-electron chi connectivity index (χ2n) is 6.73. The van der Waals surface area contributed by atoms with Crippen molar-refractivity contribution >= 4 is 29.1 Å². The normalized spacial score (nSPS) is 13.9. The number of amides is 1. The first-order chi connectivity index (χ1) is 13.6. The largest absolute Gasteiger partial charge is 0.496 e. The first-order valence-electron chi connectivity index (χ1n) is 9.53. The summed E-state index contributed by atoms with van der Waals surface area (Å²) in [6.07, 6.45) is 3.68. The fourth-order valence-corrected chi connectivity index (χ4v) is 3.42. The molecular weight excluding hydrogens is 378 g/mol. The van der Waals surface area contributed by atoms with Crippen LogP contribution in [0.2, 0.25) is 5.02 Å². The highest BCUT2D eigenvalue weighted by atomic mass is 35.5. The summed E-state index contributed by atoms with van der Waals surface area (Å²) in [5.41, 5.74) is 0.417. The number of nitrogens with zero attached hydrogens (tertiary/aromatic N) is 3. The van der Waals surface area contributed by atoms with Crippen LogP contribution in [0, 0.1) is 6.92 Å². The molecule has 28 heavy (non-hydrogen) atoms. The van der Waals surface area contributed by atoms with Crippen molar-refractivity contribution in [2.24, 2.45) is 0 Å². The molecule has 3 rings (SSSR count). The number of carbonyl (C=O) groups excluding carboxylic acids is 1. The molecule has 0 radical (unpaired) electrons. The molecule has 2 heterocycles. The van der Waals surface area contributed by atoms with E-state index in [9.17, 15) is 4.79 Å². The Hall–Kier alpha value is -2.54. The van der Waals surface area contributed by atoms with Gasteiger partial charge in [-0.05, 0) is 44.4 Å². The molecule has 0 unspecified atom stereocenters. The number of rotatable bonds is 7. The Morgan fingerprint density at radius 3 is 2.71 bits per heavy atom. The average molecular weight is 404 g/mol. The van der Waals surface area contributed by atoms with E-state index in [0.29, 0.717) is 29.4 Å². The minimum absolute atomic E-state index is 0.228. The van der Waals surface area contributed by atoms with Crippen molar-refractivity contribution in [3.8, 4) is 5.75 Å². The summed E-state index contributed by atoms with van der Waals surface area (Å²) in [5.74, 6) is 2.73. The maximum atomic E-state index is 12.4. The van der Waals surface area contributed by atoms with E-state index in [2.05, 4.69) is 25.5 Å². The lowest BCUT2D eigenvalue weighted by molar-refractivity contribution is 0.0952. The number of piperidine rings is 1. The third-order valence-electron chi connectivity index (χ3n) is 4.63. The third-order valence-corrected chi connectivity index (χ3v) is 4.86. The van der Waals surface area contributed by atoms with Gasteiger partial charge >= 0.3 is 0 Å².